The molecule has 0 radical (unpaired) electrons. The number of carbonyl (C=O) groups is 2. The SMILES string of the molecule is CC[C@@H]1C[C@H](NC(=O)OCCc2cc(C(F)(F)F)cc(C(F)(F)F)c2)c2cc(C(F)(F)F)ccc2N1C(=O)O.CC[O-]. The molecule has 2 aromatic rings. The average molecular weight is 617 g/mol. The second-order valence-electron chi connectivity index (χ2n) is 9.01. The number of carbonyl (C=O) groups excluding carboxylic acids is 1. The minimum Gasteiger partial charge on any atom is -0.855 e. The smallest absolute Gasteiger partial charge is 0.416 e. The van der Waals surface area contributed by atoms with E-state index < -0.39 is 78.1 Å². The Morgan fingerprint density at radius 2 is 1.45 bits per heavy atom. The zero-order valence-electron chi connectivity index (χ0n) is 22.1. The van der Waals surface area contributed by atoms with Gasteiger partial charge in [-0.2, -0.15) is 39.5 Å². The third-order valence-electron chi connectivity index (χ3n) is 6.10. The predicted molar refractivity (Wildman–Crippen MR) is 129 cm³/mol. The van der Waals surface area contributed by atoms with Crippen molar-refractivity contribution in [3.63, 3.8) is 0 Å². The van der Waals surface area contributed by atoms with Crippen LogP contribution in [0.4, 0.5) is 54.8 Å². The van der Waals surface area contributed by atoms with Gasteiger partial charge in [0.1, 0.15) is 0 Å². The van der Waals surface area contributed by atoms with Crippen LogP contribution >= 0.6 is 0 Å². The van der Waals surface area contributed by atoms with Crippen LogP contribution in [0.25, 0.3) is 0 Å². The number of hydrogen-bond acceptors (Lipinski definition) is 4. The quantitative estimate of drug-likeness (QED) is 0.360. The molecular formula is C26H26F9N2O5-. The number of alkyl carbamates (subject to hydrolysis) is 1. The Morgan fingerprint density at radius 3 is 1.90 bits per heavy atom. The van der Waals surface area contributed by atoms with Crippen LogP contribution in [0.5, 0.6) is 0 Å². The highest BCUT2D eigenvalue weighted by atomic mass is 19.4. The Bertz CT molecular complexity index is 1210. The van der Waals surface area contributed by atoms with Crippen LogP contribution in [0.15, 0.2) is 36.4 Å². The van der Waals surface area contributed by atoms with Crippen LogP contribution in [0.3, 0.4) is 0 Å². The number of nitrogens with one attached hydrogen (secondary N) is 1. The number of nitrogens with zero attached hydrogens (tertiary/aromatic N) is 1. The van der Waals surface area contributed by atoms with Crippen molar-refractivity contribution < 1.29 is 64.1 Å². The molecule has 42 heavy (non-hydrogen) atoms. The largest absolute Gasteiger partial charge is 0.855 e. The molecule has 234 valence electrons. The summed E-state index contributed by atoms with van der Waals surface area (Å²) in [6, 6.07) is 1.45. The first-order chi connectivity index (χ1) is 19.3. The maximum absolute atomic E-state index is 13.3. The fourth-order valence-electron chi connectivity index (χ4n) is 4.28. The van der Waals surface area contributed by atoms with Gasteiger partial charge in [-0.05, 0) is 60.4 Å². The van der Waals surface area contributed by atoms with Gasteiger partial charge in [0.05, 0.1) is 35.0 Å². The average Bonchev–Trinajstić information content (AvgIpc) is 2.86. The number of fused-ring (bicyclic) bond motifs is 1. The summed E-state index contributed by atoms with van der Waals surface area (Å²) in [6.07, 6.45) is -17.9. The summed E-state index contributed by atoms with van der Waals surface area (Å²) in [7, 11) is 0. The second-order valence-corrected chi connectivity index (χ2v) is 9.01. The Morgan fingerprint density at radius 1 is 0.929 bits per heavy atom. The molecule has 2 atom stereocenters. The van der Waals surface area contributed by atoms with Crippen molar-refractivity contribution >= 4 is 17.9 Å². The molecule has 0 aromatic heterocycles. The van der Waals surface area contributed by atoms with Gasteiger partial charge in [0, 0.05) is 12.5 Å². The lowest BCUT2D eigenvalue weighted by atomic mass is 9.89. The van der Waals surface area contributed by atoms with Crippen molar-refractivity contribution in [3.8, 4) is 0 Å². The van der Waals surface area contributed by atoms with Gasteiger partial charge >= 0.3 is 30.7 Å². The maximum Gasteiger partial charge on any atom is 0.416 e. The fourth-order valence-corrected chi connectivity index (χ4v) is 4.28. The van der Waals surface area contributed by atoms with E-state index in [0.717, 1.165) is 11.0 Å². The van der Waals surface area contributed by atoms with Crippen molar-refractivity contribution in [1.82, 2.24) is 5.32 Å². The molecule has 2 aromatic carbocycles. The third kappa shape index (κ3) is 8.90. The fraction of sp³-hybridized carbons (Fsp3) is 0.462. The number of hydrogen-bond donors (Lipinski definition) is 2. The molecule has 0 aliphatic carbocycles. The molecule has 0 fully saturated rings. The van der Waals surface area contributed by atoms with Crippen LogP contribution in [0, 0.1) is 0 Å². The van der Waals surface area contributed by atoms with Crippen LogP contribution in [0.2, 0.25) is 0 Å². The first kappa shape index (κ1) is 34.5. The van der Waals surface area contributed by atoms with E-state index in [4.69, 9.17) is 9.84 Å². The number of amides is 2. The molecule has 16 heteroatoms. The number of carboxylic acid groups (broad SMARTS) is 1. The summed E-state index contributed by atoms with van der Waals surface area (Å²) in [6.45, 7) is 2.56. The molecule has 0 spiro atoms. The van der Waals surface area contributed by atoms with Crippen molar-refractivity contribution in [2.24, 2.45) is 0 Å². The summed E-state index contributed by atoms with van der Waals surface area (Å²) in [5.41, 5.74) is -4.81. The second kappa shape index (κ2) is 13.5. The first-order valence-electron chi connectivity index (χ1n) is 12.4. The summed E-state index contributed by atoms with van der Waals surface area (Å²) in [4.78, 5) is 25.1. The van der Waals surface area contributed by atoms with Gasteiger partial charge in [0.25, 0.3) is 0 Å². The minimum absolute atomic E-state index is 0. The van der Waals surface area contributed by atoms with Crippen LogP contribution in [-0.2, 0) is 29.7 Å². The molecule has 0 saturated carbocycles. The Balaban J connectivity index is 0.00000197. The first-order valence-corrected chi connectivity index (χ1v) is 12.4. The number of halogens is 9. The zero-order valence-corrected chi connectivity index (χ0v) is 22.1. The molecule has 1 aliphatic rings. The maximum atomic E-state index is 13.3. The van der Waals surface area contributed by atoms with Gasteiger partial charge in [0.2, 0.25) is 0 Å². The molecule has 1 aliphatic heterocycles. The van der Waals surface area contributed by atoms with E-state index in [2.05, 4.69) is 5.32 Å². The van der Waals surface area contributed by atoms with Gasteiger partial charge in [-0.25, -0.2) is 9.59 Å². The summed E-state index contributed by atoms with van der Waals surface area (Å²) in [5.74, 6) is 0. The number of alkyl halides is 9. The van der Waals surface area contributed by atoms with E-state index in [1.807, 2.05) is 0 Å². The summed E-state index contributed by atoms with van der Waals surface area (Å²) >= 11 is 0. The lowest BCUT2D eigenvalue weighted by molar-refractivity contribution is -0.361. The normalized spacial score (nSPS) is 17.1. The molecule has 1 heterocycles. The van der Waals surface area contributed by atoms with Gasteiger partial charge < -0.3 is 20.3 Å². The van der Waals surface area contributed by atoms with Crippen molar-refractivity contribution in [1.29, 1.82) is 0 Å². The van der Waals surface area contributed by atoms with Crippen molar-refractivity contribution in [2.75, 3.05) is 18.1 Å². The highest BCUT2D eigenvalue weighted by molar-refractivity contribution is 5.89. The molecule has 2 N–H and O–H groups in total. The number of benzene rings is 2. The monoisotopic (exact) mass is 617 g/mol. The molecule has 0 unspecified atom stereocenters. The number of ether oxygens (including phenoxy) is 1. The molecule has 7 nitrogen and oxygen atoms in total. The molecule has 3 rings (SSSR count). The molecule has 2 amide bonds. The predicted octanol–water partition coefficient (Wildman–Crippen LogP) is 6.79. The van der Waals surface area contributed by atoms with Crippen molar-refractivity contribution in [3.05, 3.63) is 64.2 Å². The van der Waals surface area contributed by atoms with E-state index in [1.165, 1.54) is 0 Å². The topological polar surface area (TPSA) is 102 Å². The van der Waals surface area contributed by atoms with E-state index in [-0.39, 0.29) is 36.8 Å². The van der Waals surface area contributed by atoms with E-state index in [0.29, 0.717) is 24.3 Å². The Hall–Kier alpha value is -3.69. The lowest BCUT2D eigenvalue weighted by Crippen LogP contribution is -2.47. The van der Waals surface area contributed by atoms with Gasteiger partial charge in [0.15, 0.2) is 0 Å². The van der Waals surface area contributed by atoms with Crippen LogP contribution < -0.4 is 15.3 Å². The highest BCUT2D eigenvalue weighted by Gasteiger charge is 2.40. The molecule has 0 saturated heterocycles. The van der Waals surface area contributed by atoms with Gasteiger partial charge in [-0.1, -0.05) is 13.8 Å². The van der Waals surface area contributed by atoms with E-state index >= 15 is 0 Å². The standard InChI is InChI=1S/C24H21F9N2O4.C2H5O/c1-2-16-11-18(17-10-13(22(25,26)27)3-4-19(17)35(16)21(37)38)34-20(36)39-6-5-12-7-14(23(28,29)30)9-15(8-12)24(31,32)33;1-2-3/h3-4,7-10,16,18H,2,5-6,11H2,1H3,(H,34,36)(H,37,38);2H2,1H3/q;-1/t16-,18+;/m1./s1. The summed E-state index contributed by atoms with van der Waals surface area (Å²) < 4.78 is 123. The van der Waals surface area contributed by atoms with Crippen molar-refractivity contribution in [2.45, 2.75) is 63.7 Å². The highest BCUT2D eigenvalue weighted by Crippen LogP contribution is 2.42. The minimum atomic E-state index is -5.06. The summed E-state index contributed by atoms with van der Waals surface area (Å²) in [5, 5.41) is 20.9. The lowest BCUT2D eigenvalue weighted by Gasteiger charge is -2.39. The zero-order chi connectivity index (χ0) is 32.0. The van der Waals surface area contributed by atoms with Crippen LogP contribution in [-0.4, -0.2) is 36.5 Å². The molecule has 0 bridgehead atoms. The van der Waals surface area contributed by atoms with Crippen LogP contribution in [0.1, 0.15) is 60.5 Å². The van der Waals surface area contributed by atoms with E-state index in [1.54, 1.807) is 13.8 Å². The van der Waals surface area contributed by atoms with Gasteiger partial charge in [-0.15, -0.1) is 6.61 Å². The number of rotatable bonds is 5. The Kier molecular flexibility index (Phi) is 11.1. The van der Waals surface area contributed by atoms with E-state index in [9.17, 15) is 54.2 Å². The molecular weight excluding hydrogens is 591 g/mol. The Labute approximate surface area is 233 Å². The number of anilines is 1. The third-order valence-corrected chi connectivity index (χ3v) is 6.10. The van der Waals surface area contributed by atoms with Gasteiger partial charge in [-0.3, -0.25) is 4.90 Å².